The second kappa shape index (κ2) is 10.1. The number of hydrogen-bond acceptors (Lipinski definition) is 3. The number of hydrogen-bond donors (Lipinski definition) is 3. The summed E-state index contributed by atoms with van der Waals surface area (Å²) in [5.41, 5.74) is 0. The van der Waals surface area contributed by atoms with Crippen molar-refractivity contribution in [2.24, 2.45) is 11.8 Å². The molecule has 0 aliphatic heterocycles. The van der Waals surface area contributed by atoms with Crippen molar-refractivity contribution in [3.05, 3.63) is 0 Å². The zero-order chi connectivity index (χ0) is 12.6. The largest absolute Gasteiger partial charge is 0.481 e. The van der Waals surface area contributed by atoms with E-state index in [1.807, 2.05) is 13.8 Å². The van der Waals surface area contributed by atoms with Crippen molar-refractivity contribution in [1.82, 2.24) is 6.15 Å². The van der Waals surface area contributed by atoms with Crippen molar-refractivity contribution in [2.45, 2.75) is 52.4 Å². The van der Waals surface area contributed by atoms with E-state index in [2.05, 4.69) is 0 Å². The monoisotopic (exact) mass is 247 g/mol. The molecule has 102 valence electrons. The van der Waals surface area contributed by atoms with E-state index in [1.165, 1.54) is 0 Å². The number of carboxylic acid groups (broad SMARTS) is 2. The highest BCUT2D eigenvalue weighted by atomic mass is 16.4. The first-order valence-corrected chi connectivity index (χ1v) is 5.98. The van der Waals surface area contributed by atoms with E-state index < -0.39 is 11.9 Å². The minimum atomic E-state index is -0.743. The van der Waals surface area contributed by atoms with E-state index in [9.17, 15) is 9.59 Å². The van der Waals surface area contributed by atoms with Gasteiger partial charge in [-0.1, -0.05) is 26.7 Å². The van der Waals surface area contributed by atoms with Gasteiger partial charge in [0.25, 0.3) is 0 Å². The molecule has 0 saturated carbocycles. The van der Waals surface area contributed by atoms with Crippen molar-refractivity contribution >= 4 is 11.9 Å². The third kappa shape index (κ3) is 7.74. The number of rotatable bonds is 9. The maximum absolute atomic E-state index is 10.7. The third-order valence-corrected chi connectivity index (χ3v) is 3.04. The molecule has 0 aliphatic rings. The Labute approximate surface area is 103 Å². The van der Waals surface area contributed by atoms with Crippen LogP contribution < -0.4 is 6.15 Å². The SMILES string of the molecule is CCC(CCCCC(CC)C(=O)O)C(=O)O.N. The quantitative estimate of drug-likeness (QED) is 0.542. The van der Waals surface area contributed by atoms with Gasteiger partial charge < -0.3 is 16.4 Å². The molecule has 0 aliphatic carbocycles. The lowest BCUT2D eigenvalue weighted by atomic mass is 9.95. The fourth-order valence-electron chi connectivity index (χ4n) is 1.79. The molecule has 5 heteroatoms. The van der Waals surface area contributed by atoms with Crippen molar-refractivity contribution < 1.29 is 19.8 Å². The maximum atomic E-state index is 10.7. The molecule has 0 heterocycles. The Morgan fingerprint density at radius 2 is 1.18 bits per heavy atom. The highest BCUT2D eigenvalue weighted by molar-refractivity contribution is 5.70. The van der Waals surface area contributed by atoms with Gasteiger partial charge in [0, 0.05) is 0 Å². The van der Waals surface area contributed by atoms with E-state index in [-0.39, 0.29) is 18.0 Å². The Kier molecular flexibility index (Phi) is 10.8. The van der Waals surface area contributed by atoms with Crippen LogP contribution in [-0.4, -0.2) is 22.2 Å². The van der Waals surface area contributed by atoms with Crippen LogP contribution in [-0.2, 0) is 9.59 Å². The summed E-state index contributed by atoms with van der Waals surface area (Å²) in [6.45, 7) is 3.73. The van der Waals surface area contributed by atoms with Crippen molar-refractivity contribution in [1.29, 1.82) is 0 Å². The number of unbranched alkanes of at least 4 members (excludes halogenated alkanes) is 1. The molecular formula is C12H25NO4. The molecule has 5 N–H and O–H groups in total. The third-order valence-electron chi connectivity index (χ3n) is 3.04. The molecule has 0 aromatic carbocycles. The average Bonchev–Trinajstić information content (AvgIpc) is 2.22. The number of carbonyl (C=O) groups is 2. The predicted molar refractivity (Wildman–Crippen MR) is 66.3 cm³/mol. The number of aliphatic carboxylic acids is 2. The highest BCUT2D eigenvalue weighted by Crippen LogP contribution is 2.17. The molecule has 2 unspecified atom stereocenters. The average molecular weight is 247 g/mol. The normalized spacial score (nSPS) is 13.5. The van der Waals surface area contributed by atoms with Crippen molar-refractivity contribution in [3.8, 4) is 0 Å². The highest BCUT2D eigenvalue weighted by Gasteiger charge is 2.16. The molecule has 0 aromatic heterocycles. The summed E-state index contributed by atoms with van der Waals surface area (Å²) in [7, 11) is 0. The van der Waals surface area contributed by atoms with Crippen LogP contribution in [0.2, 0.25) is 0 Å². The van der Waals surface area contributed by atoms with Crippen LogP contribution in [0.15, 0.2) is 0 Å². The molecule has 0 amide bonds. The minimum absolute atomic E-state index is 0. The zero-order valence-corrected chi connectivity index (χ0v) is 10.8. The summed E-state index contributed by atoms with van der Waals surface area (Å²) >= 11 is 0. The fourth-order valence-corrected chi connectivity index (χ4v) is 1.79. The lowest BCUT2D eigenvalue weighted by Crippen LogP contribution is -2.14. The fraction of sp³-hybridized carbons (Fsp3) is 0.833. The van der Waals surface area contributed by atoms with Crippen molar-refractivity contribution in [3.63, 3.8) is 0 Å². The Morgan fingerprint density at radius 1 is 0.882 bits per heavy atom. The summed E-state index contributed by atoms with van der Waals surface area (Å²) < 4.78 is 0. The summed E-state index contributed by atoms with van der Waals surface area (Å²) in [5.74, 6) is -2.03. The molecule has 0 radical (unpaired) electrons. The molecule has 0 saturated heterocycles. The van der Waals surface area contributed by atoms with Crippen molar-refractivity contribution in [2.75, 3.05) is 0 Å². The van der Waals surface area contributed by atoms with Gasteiger partial charge in [-0.3, -0.25) is 9.59 Å². The Balaban J connectivity index is 0. The Morgan fingerprint density at radius 3 is 1.35 bits per heavy atom. The zero-order valence-electron chi connectivity index (χ0n) is 10.8. The molecule has 2 atom stereocenters. The molecule has 0 rings (SSSR count). The van der Waals surface area contributed by atoms with Gasteiger partial charge >= 0.3 is 11.9 Å². The van der Waals surface area contributed by atoms with Gasteiger partial charge in [0.15, 0.2) is 0 Å². The minimum Gasteiger partial charge on any atom is -0.481 e. The first-order chi connectivity index (χ1) is 7.52. The van der Waals surface area contributed by atoms with E-state index in [4.69, 9.17) is 10.2 Å². The molecule has 5 nitrogen and oxygen atoms in total. The Bertz CT molecular complexity index is 207. The Hall–Kier alpha value is -1.10. The van der Waals surface area contributed by atoms with E-state index in [1.54, 1.807) is 0 Å². The summed E-state index contributed by atoms with van der Waals surface area (Å²) in [6.07, 6.45) is 4.20. The molecule has 0 fully saturated rings. The summed E-state index contributed by atoms with van der Waals surface area (Å²) in [4.78, 5) is 21.5. The van der Waals surface area contributed by atoms with Gasteiger partial charge in [-0.15, -0.1) is 0 Å². The van der Waals surface area contributed by atoms with Crippen LogP contribution in [0.4, 0.5) is 0 Å². The van der Waals surface area contributed by atoms with Crippen LogP contribution in [0.25, 0.3) is 0 Å². The first-order valence-electron chi connectivity index (χ1n) is 5.98. The molecular weight excluding hydrogens is 222 g/mol. The van der Waals surface area contributed by atoms with Crippen LogP contribution in [0, 0.1) is 11.8 Å². The van der Waals surface area contributed by atoms with Gasteiger partial charge in [-0.2, -0.15) is 0 Å². The van der Waals surface area contributed by atoms with Gasteiger partial charge in [0.1, 0.15) is 0 Å². The molecule has 0 spiro atoms. The predicted octanol–water partition coefficient (Wildman–Crippen LogP) is 2.93. The second-order valence-corrected chi connectivity index (χ2v) is 4.17. The van der Waals surface area contributed by atoms with Gasteiger partial charge in [-0.05, 0) is 25.7 Å². The standard InChI is InChI=1S/C12H22O4.H3N/c1-3-9(11(13)14)7-5-6-8-10(4-2)12(15)16;/h9-10H,3-8H2,1-2H3,(H,13,14)(H,15,16);1H3. The van der Waals surface area contributed by atoms with Crippen LogP contribution in [0.3, 0.4) is 0 Å². The second-order valence-electron chi connectivity index (χ2n) is 4.17. The van der Waals surface area contributed by atoms with Gasteiger partial charge in [0.2, 0.25) is 0 Å². The van der Waals surface area contributed by atoms with Crippen LogP contribution in [0.5, 0.6) is 0 Å². The molecule has 0 bridgehead atoms. The summed E-state index contributed by atoms with van der Waals surface area (Å²) in [5, 5.41) is 17.6. The lowest BCUT2D eigenvalue weighted by molar-refractivity contribution is -0.143. The summed E-state index contributed by atoms with van der Waals surface area (Å²) in [6, 6.07) is 0. The first kappa shape index (κ1) is 18.3. The van der Waals surface area contributed by atoms with Crippen LogP contribution in [0.1, 0.15) is 52.4 Å². The maximum Gasteiger partial charge on any atom is 0.306 e. The smallest absolute Gasteiger partial charge is 0.306 e. The molecule has 0 aromatic rings. The lowest BCUT2D eigenvalue weighted by Gasteiger charge is -2.11. The van der Waals surface area contributed by atoms with E-state index in [0.29, 0.717) is 25.7 Å². The number of carboxylic acids is 2. The van der Waals surface area contributed by atoms with Crippen LogP contribution >= 0.6 is 0 Å². The topological polar surface area (TPSA) is 110 Å². The van der Waals surface area contributed by atoms with Gasteiger partial charge in [0.05, 0.1) is 11.8 Å². The van der Waals surface area contributed by atoms with Gasteiger partial charge in [-0.25, -0.2) is 0 Å². The van der Waals surface area contributed by atoms with E-state index in [0.717, 1.165) is 12.8 Å². The van der Waals surface area contributed by atoms with E-state index >= 15 is 0 Å². The molecule has 17 heavy (non-hydrogen) atoms.